The van der Waals surface area contributed by atoms with Gasteiger partial charge in [0, 0.05) is 0 Å². The van der Waals surface area contributed by atoms with E-state index < -0.39 is 19.8 Å². The molecule has 0 amide bonds. The minimum atomic E-state index is -0.580. The van der Waals surface area contributed by atoms with Crippen LogP contribution in [0.4, 0.5) is 0 Å². The molecule has 0 saturated heterocycles. The second kappa shape index (κ2) is 5.76. The van der Waals surface area contributed by atoms with E-state index in [9.17, 15) is 0 Å². The molecular weight excluding hydrogens is 183 g/mol. The van der Waals surface area contributed by atoms with Gasteiger partial charge in [-0.1, -0.05) is 0 Å². The molecule has 1 N–H and O–H groups in total. The Morgan fingerprint density at radius 1 is 1.33 bits per heavy atom. The zero-order chi connectivity index (χ0) is 4.28. The molecule has 0 aromatic heterocycles. The minimum absolute atomic E-state index is 0. The summed E-state index contributed by atoms with van der Waals surface area (Å²) in [4.78, 5) is 4.84. The molecule has 1 nitrogen and oxygen atoms in total. The quantitative estimate of drug-likeness (QED) is 0.584. The maximum Gasteiger partial charge on any atom is -0.870 e. The molecular formula is C4H12OSn. The molecule has 38 valence electrons. The van der Waals surface area contributed by atoms with Gasteiger partial charge in [0.25, 0.3) is 0 Å². The standard InChI is InChI=1S/C2H5.2CH3.H2O.Sn/c1-2;;;;/h1H2,2H3;2*1H3;1H2;/q;;;;+1/p-1. The largest absolute Gasteiger partial charge is 0.870 e. The maximum absolute atomic E-state index is 2.42. The zero-order valence-corrected chi connectivity index (χ0v) is 7.51. The van der Waals surface area contributed by atoms with Gasteiger partial charge in [-0.05, 0) is 0 Å². The van der Waals surface area contributed by atoms with Crippen molar-refractivity contribution < 1.29 is 5.48 Å². The molecule has 0 aliphatic carbocycles. The van der Waals surface area contributed by atoms with Crippen molar-refractivity contribution in [2.24, 2.45) is 0 Å². The first-order chi connectivity index (χ1) is 2.27. The van der Waals surface area contributed by atoms with Crippen molar-refractivity contribution >= 4 is 19.8 Å². The molecule has 2 heteroatoms. The Balaban J connectivity index is 0. The second-order valence-electron chi connectivity index (χ2n) is 1.56. The summed E-state index contributed by atoms with van der Waals surface area (Å²) in [5, 5.41) is 0. The van der Waals surface area contributed by atoms with Gasteiger partial charge >= 0.3 is 41.0 Å². The van der Waals surface area contributed by atoms with Gasteiger partial charge in [-0.25, -0.2) is 0 Å². The van der Waals surface area contributed by atoms with Gasteiger partial charge in [0.05, 0.1) is 0 Å². The van der Waals surface area contributed by atoms with Gasteiger partial charge in [-0.15, -0.1) is 0 Å². The first-order valence-electron chi connectivity index (χ1n) is 2.06. The summed E-state index contributed by atoms with van der Waals surface area (Å²) in [6, 6.07) is 0. The first kappa shape index (κ1) is 9.90. The van der Waals surface area contributed by atoms with Gasteiger partial charge in [-0.2, -0.15) is 0 Å². The third-order valence-corrected chi connectivity index (χ3v) is 4.74. The van der Waals surface area contributed by atoms with E-state index in [0.717, 1.165) is 0 Å². The molecule has 0 unspecified atom stereocenters. The van der Waals surface area contributed by atoms with Crippen molar-refractivity contribution in [3.8, 4) is 0 Å². The Bertz CT molecular complexity index is 21.5. The van der Waals surface area contributed by atoms with Crippen molar-refractivity contribution in [1.29, 1.82) is 0 Å². The Morgan fingerprint density at radius 2 is 1.50 bits per heavy atom. The van der Waals surface area contributed by atoms with Crippen molar-refractivity contribution in [1.82, 2.24) is 0 Å². The van der Waals surface area contributed by atoms with Crippen LogP contribution in [0.2, 0.25) is 14.3 Å². The van der Waals surface area contributed by atoms with E-state index in [1.165, 1.54) is 4.44 Å². The van der Waals surface area contributed by atoms with Crippen LogP contribution in [0, 0.1) is 0 Å². The molecule has 0 rings (SSSR count). The monoisotopic (exact) mass is 196 g/mol. The molecule has 0 radical (unpaired) electrons. The van der Waals surface area contributed by atoms with Crippen LogP contribution in [0.15, 0.2) is 0 Å². The molecule has 0 fully saturated rings. The van der Waals surface area contributed by atoms with Crippen LogP contribution in [0.25, 0.3) is 0 Å². The Morgan fingerprint density at radius 3 is 1.50 bits per heavy atom. The molecule has 0 bridgehead atoms. The van der Waals surface area contributed by atoms with Crippen molar-refractivity contribution in [2.45, 2.75) is 21.2 Å². The van der Waals surface area contributed by atoms with Gasteiger partial charge in [0.15, 0.2) is 0 Å². The molecule has 0 aromatic rings. The third kappa shape index (κ3) is 8.83. The topological polar surface area (TPSA) is 30.0 Å². The van der Waals surface area contributed by atoms with Crippen LogP contribution in [0.5, 0.6) is 0 Å². The van der Waals surface area contributed by atoms with E-state index in [1.807, 2.05) is 0 Å². The van der Waals surface area contributed by atoms with Crippen molar-refractivity contribution in [3.05, 3.63) is 0 Å². The average Bonchev–Trinajstić information content (AvgIpc) is 1.38. The summed E-state index contributed by atoms with van der Waals surface area (Å²) in [6.45, 7) is 2.29. The summed E-state index contributed by atoms with van der Waals surface area (Å²) < 4.78 is 1.50. The Kier molecular flexibility index (Phi) is 9.50. The maximum atomic E-state index is 2.42. The van der Waals surface area contributed by atoms with Crippen molar-refractivity contribution in [3.63, 3.8) is 0 Å². The average molecular weight is 195 g/mol. The summed E-state index contributed by atoms with van der Waals surface area (Å²) in [5.41, 5.74) is 0. The van der Waals surface area contributed by atoms with E-state index in [1.54, 1.807) is 0 Å². The SMILES string of the molecule is C[CH2][Sn+]([CH3])[CH3].[OH-]. The molecule has 0 aliphatic heterocycles. The van der Waals surface area contributed by atoms with Crippen LogP contribution in [-0.2, 0) is 0 Å². The van der Waals surface area contributed by atoms with E-state index in [0.29, 0.717) is 0 Å². The summed E-state index contributed by atoms with van der Waals surface area (Å²) >= 11 is -0.580. The van der Waals surface area contributed by atoms with Crippen molar-refractivity contribution in [2.75, 3.05) is 0 Å². The molecule has 0 saturated carbocycles. The number of rotatable bonds is 1. The fourth-order valence-electron chi connectivity index (χ4n) is 0. The summed E-state index contributed by atoms with van der Waals surface area (Å²) in [6.07, 6.45) is 0. The molecule has 0 atom stereocenters. The van der Waals surface area contributed by atoms with Gasteiger partial charge < -0.3 is 5.48 Å². The van der Waals surface area contributed by atoms with Crippen LogP contribution in [-0.4, -0.2) is 25.2 Å². The predicted molar refractivity (Wildman–Crippen MR) is 29.9 cm³/mol. The fourth-order valence-corrected chi connectivity index (χ4v) is 0. The molecule has 0 aromatic carbocycles. The van der Waals surface area contributed by atoms with E-state index >= 15 is 0 Å². The van der Waals surface area contributed by atoms with Crippen LogP contribution < -0.4 is 0 Å². The normalized spacial score (nSPS) is 6.50. The van der Waals surface area contributed by atoms with Gasteiger partial charge in [0.2, 0.25) is 0 Å². The Labute approximate surface area is 46.8 Å². The molecule has 0 heterocycles. The third-order valence-electron chi connectivity index (χ3n) is 0.707. The zero-order valence-electron chi connectivity index (χ0n) is 4.65. The van der Waals surface area contributed by atoms with Gasteiger partial charge in [-0.3, -0.25) is 0 Å². The van der Waals surface area contributed by atoms with Gasteiger partial charge in [0.1, 0.15) is 0 Å². The van der Waals surface area contributed by atoms with Crippen LogP contribution >= 0.6 is 0 Å². The van der Waals surface area contributed by atoms with Crippen LogP contribution in [0.3, 0.4) is 0 Å². The molecule has 6 heavy (non-hydrogen) atoms. The predicted octanol–water partition coefficient (Wildman–Crippen LogP) is 1.58. The fraction of sp³-hybridized carbons (Fsp3) is 1.00. The minimum Gasteiger partial charge on any atom is -0.870 e. The van der Waals surface area contributed by atoms with E-state index in [4.69, 9.17) is 0 Å². The Hall–Kier alpha value is 0.759. The summed E-state index contributed by atoms with van der Waals surface area (Å²) in [7, 11) is 0. The van der Waals surface area contributed by atoms with E-state index in [2.05, 4.69) is 16.8 Å². The van der Waals surface area contributed by atoms with Crippen LogP contribution in [0.1, 0.15) is 6.92 Å². The molecule has 0 aliphatic rings. The smallest absolute Gasteiger partial charge is 0.870 e. The van der Waals surface area contributed by atoms with E-state index in [-0.39, 0.29) is 5.48 Å². The number of hydrogen-bond acceptors (Lipinski definition) is 1. The second-order valence-corrected chi connectivity index (χ2v) is 10.5. The molecule has 0 spiro atoms. The number of hydrogen-bond donors (Lipinski definition) is 0. The first-order valence-corrected chi connectivity index (χ1v) is 9.79. The summed E-state index contributed by atoms with van der Waals surface area (Å²) in [5.74, 6) is 0.